The summed E-state index contributed by atoms with van der Waals surface area (Å²) < 4.78 is 0. The predicted octanol–water partition coefficient (Wildman–Crippen LogP) is 11.0. The third kappa shape index (κ3) is 7.21. The average Bonchev–Trinajstić information content (AvgIpc) is 3.17. The average molecular weight is 875 g/mol. The summed E-state index contributed by atoms with van der Waals surface area (Å²) in [4.78, 5) is 26.5. The summed E-state index contributed by atoms with van der Waals surface area (Å²) in [5, 5.41) is 9.44. The maximum atomic E-state index is 4.43. The van der Waals surface area contributed by atoms with Gasteiger partial charge in [0.25, 0.3) is 0 Å². The Kier molecular flexibility index (Phi) is 11.5. The van der Waals surface area contributed by atoms with Crippen LogP contribution in [0.2, 0.25) is 0 Å². The molecule has 3 aromatic carbocycles. The van der Waals surface area contributed by atoms with Gasteiger partial charge in [0.05, 0.1) is 33.1 Å². The van der Waals surface area contributed by atoms with Gasteiger partial charge in [-0.3, -0.25) is 29.9 Å². The molecule has 242 valence electrons. The third-order valence-corrected chi connectivity index (χ3v) is 9.88. The van der Waals surface area contributed by atoms with Gasteiger partial charge in [-0.15, -0.1) is 0 Å². The summed E-state index contributed by atoms with van der Waals surface area (Å²) in [6, 6.07) is 30.7. The van der Waals surface area contributed by atoms with Crippen molar-refractivity contribution in [2.24, 2.45) is 0 Å². The second-order valence-corrected chi connectivity index (χ2v) is 12.6. The fourth-order valence-corrected chi connectivity index (χ4v) is 7.28. The standard InChI is InChI=1S/3C13H9BrN2.Fe/c3*14-8-10-7-9-3-1-5-15-12(9)13-11(10)4-2-6-16-13;/h3*1-7H,8H2;. The number of pyridine rings is 6. The number of nitrogens with zero attached hydrogens (tertiary/aromatic N) is 6. The quantitative estimate of drug-likeness (QED) is 0.1000. The Morgan fingerprint density at radius 2 is 0.592 bits per heavy atom. The van der Waals surface area contributed by atoms with Gasteiger partial charge in [0.1, 0.15) is 0 Å². The number of halogens is 3. The SMILES string of the molecule is BrCc1cc2cccnc2c2ncccc12.BrCc1cc2cccnc2c2ncccc12.BrCc1cc2cccnc2c2ncccc12.[Fe]. The largest absolute Gasteiger partial charge is 0.254 e. The Labute approximate surface area is 318 Å². The normalized spacial score (nSPS) is 10.8. The van der Waals surface area contributed by atoms with E-state index in [-0.39, 0.29) is 17.1 Å². The van der Waals surface area contributed by atoms with Crippen molar-refractivity contribution < 1.29 is 17.1 Å². The maximum absolute atomic E-state index is 4.43. The molecule has 0 aliphatic carbocycles. The van der Waals surface area contributed by atoms with Crippen molar-refractivity contribution in [1.29, 1.82) is 0 Å². The Morgan fingerprint density at radius 1 is 0.347 bits per heavy atom. The molecule has 0 unspecified atom stereocenters. The summed E-state index contributed by atoms with van der Waals surface area (Å²) >= 11 is 10.5. The fraction of sp³-hybridized carbons (Fsp3) is 0.0769. The first-order chi connectivity index (χ1) is 23.7. The van der Waals surface area contributed by atoms with Crippen LogP contribution in [0.1, 0.15) is 16.7 Å². The monoisotopic (exact) mass is 872 g/mol. The van der Waals surface area contributed by atoms with Crippen molar-refractivity contribution in [1.82, 2.24) is 29.9 Å². The van der Waals surface area contributed by atoms with Gasteiger partial charge in [-0.05, 0) is 71.3 Å². The number of fused-ring (bicyclic) bond motifs is 9. The molecule has 0 saturated heterocycles. The minimum absolute atomic E-state index is 0. The van der Waals surface area contributed by atoms with Crippen molar-refractivity contribution >= 4 is 113 Å². The van der Waals surface area contributed by atoms with Crippen LogP contribution in [0.15, 0.2) is 128 Å². The third-order valence-electron chi connectivity index (χ3n) is 8.07. The van der Waals surface area contributed by atoms with Gasteiger partial charge in [-0.1, -0.05) is 84.2 Å². The molecule has 0 fully saturated rings. The summed E-state index contributed by atoms with van der Waals surface area (Å²) in [6.07, 6.45) is 10.9. The van der Waals surface area contributed by atoms with Gasteiger partial charge in [-0.2, -0.15) is 0 Å². The topological polar surface area (TPSA) is 77.3 Å². The first kappa shape index (κ1) is 34.9. The minimum Gasteiger partial charge on any atom is -0.254 e. The van der Waals surface area contributed by atoms with Crippen molar-refractivity contribution in [3.8, 4) is 0 Å². The van der Waals surface area contributed by atoms with Crippen LogP contribution in [0.5, 0.6) is 0 Å². The van der Waals surface area contributed by atoms with E-state index in [1.54, 1.807) is 0 Å². The zero-order valence-electron chi connectivity index (χ0n) is 25.9. The molecule has 10 heteroatoms. The predicted molar refractivity (Wildman–Crippen MR) is 209 cm³/mol. The fourth-order valence-electron chi connectivity index (χ4n) is 5.88. The second kappa shape index (κ2) is 16.2. The van der Waals surface area contributed by atoms with Gasteiger partial charge >= 0.3 is 0 Å². The molecular formula is C39H27Br3FeN6. The van der Waals surface area contributed by atoms with E-state index in [0.29, 0.717) is 0 Å². The molecule has 0 aliphatic heterocycles. The van der Waals surface area contributed by atoms with Crippen molar-refractivity contribution in [2.75, 3.05) is 0 Å². The van der Waals surface area contributed by atoms with Crippen LogP contribution < -0.4 is 0 Å². The van der Waals surface area contributed by atoms with E-state index in [2.05, 4.69) is 132 Å². The zero-order chi connectivity index (χ0) is 32.9. The molecule has 9 rings (SSSR count). The van der Waals surface area contributed by atoms with Crippen LogP contribution in [0.4, 0.5) is 0 Å². The summed E-state index contributed by atoms with van der Waals surface area (Å²) in [7, 11) is 0. The zero-order valence-corrected chi connectivity index (χ0v) is 31.8. The Hall–Kier alpha value is -3.92. The summed E-state index contributed by atoms with van der Waals surface area (Å²) in [5.41, 5.74) is 9.63. The van der Waals surface area contributed by atoms with Gasteiger partial charge in [0.2, 0.25) is 0 Å². The molecule has 0 atom stereocenters. The van der Waals surface area contributed by atoms with Crippen molar-refractivity contribution in [3.05, 3.63) is 145 Å². The molecule has 49 heavy (non-hydrogen) atoms. The van der Waals surface area contributed by atoms with Gasteiger partial charge < -0.3 is 0 Å². The number of alkyl halides is 3. The second-order valence-electron chi connectivity index (χ2n) is 10.9. The van der Waals surface area contributed by atoms with Crippen LogP contribution in [0.3, 0.4) is 0 Å². The van der Waals surface area contributed by atoms with Crippen LogP contribution in [-0.2, 0) is 33.1 Å². The molecule has 6 nitrogen and oxygen atoms in total. The van der Waals surface area contributed by atoms with Crippen molar-refractivity contribution in [2.45, 2.75) is 16.0 Å². The molecule has 0 saturated carbocycles. The van der Waals surface area contributed by atoms with Crippen LogP contribution in [-0.4, -0.2) is 29.9 Å². The molecule has 0 bridgehead atoms. The van der Waals surface area contributed by atoms with Crippen LogP contribution >= 0.6 is 47.8 Å². The van der Waals surface area contributed by atoms with E-state index >= 15 is 0 Å². The summed E-state index contributed by atoms with van der Waals surface area (Å²) in [6.45, 7) is 0. The smallest absolute Gasteiger partial charge is 0.0967 e. The molecular weight excluding hydrogens is 848 g/mol. The molecule has 0 amide bonds. The van der Waals surface area contributed by atoms with E-state index in [4.69, 9.17) is 0 Å². The first-order valence-electron chi connectivity index (χ1n) is 15.2. The maximum Gasteiger partial charge on any atom is 0.0967 e. The van der Waals surface area contributed by atoms with Gasteiger partial charge in [0, 0.05) is 103 Å². The molecule has 6 heterocycles. The van der Waals surface area contributed by atoms with Gasteiger partial charge in [0.15, 0.2) is 0 Å². The molecule has 0 N–H and O–H groups in total. The first-order valence-corrected chi connectivity index (χ1v) is 18.6. The number of hydrogen-bond donors (Lipinski definition) is 0. The van der Waals surface area contributed by atoms with Crippen LogP contribution in [0, 0.1) is 0 Å². The van der Waals surface area contributed by atoms with E-state index in [0.717, 1.165) is 65.2 Å². The van der Waals surface area contributed by atoms with Crippen molar-refractivity contribution in [3.63, 3.8) is 0 Å². The Balaban J connectivity index is 0.000000126. The number of hydrogen-bond acceptors (Lipinski definition) is 6. The van der Waals surface area contributed by atoms with Crippen LogP contribution in [0.25, 0.3) is 65.4 Å². The minimum atomic E-state index is 0. The summed E-state index contributed by atoms with van der Waals surface area (Å²) in [5.74, 6) is 0. The van der Waals surface area contributed by atoms with E-state index < -0.39 is 0 Å². The Morgan fingerprint density at radius 3 is 0.857 bits per heavy atom. The number of aromatic nitrogens is 6. The molecule has 0 radical (unpaired) electrons. The van der Waals surface area contributed by atoms with E-state index in [1.165, 1.54) is 32.8 Å². The number of rotatable bonds is 3. The van der Waals surface area contributed by atoms with Gasteiger partial charge in [-0.25, -0.2) is 0 Å². The number of benzene rings is 3. The van der Waals surface area contributed by atoms with E-state index in [9.17, 15) is 0 Å². The Bertz CT molecular complexity index is 2280. The molecule has 0 spiro atoms. The molecule has 0 aliphatic rings. The molecule has 6 aromatic heterocycles. The van der Waals surface area contributed by atoms with E-state index in [1.807, 2.05) is 73.6 Å². The molecule has 9 aromatic rings.